The smallest absolute Gasteiger partial charge is 0.321 e. The predicted molar refractivity (Wildman–Crippen MR) is 97.0 cm³/mol. The summed E-state index contributed by atoms with van der Waals surface area (Å²) in [6.45, 7) is 0. The summed E-state index contributed by atoms with van der Waals surface area (Å²) in [5.41, 5.74) is 1.17. The van der Waals surface area contributed by atoms with Crippen LogP contribution in [-0.4, -0.2) is 37.5 Å². The van der Waals surface area contributed by atoms with Gasteiger partial charge in [0.2, 0.25) is 10.0 Å². The van der Waals surface area contributed by atoms with Crippen LogP contribution in [-0.2, 0) is 14.8 Å². The lowest BCUT2D eigenvalue weighted by Gasteiger charge is -2.22. The van der Waals surface area contributed by atoms with Gasteiger partial charge in [0, 0.05) is 0 Å². The molecule has 1 aliphatic rings. The van der Waals surface area contributed by atoms with Crippen molar-refractivity contribution in [2.75, 3.05) is 12.0 Å². The van der Waals surface area contributed by atoms with Crippen LogP contribution in [0.2, 0.25) is 0 Å². The number of hydrogen-bond donors (Lipinski definition) is 2. The SMILES string of the molecule is CSCC[C@H](NS(=O)(=O)c1ccc(C2CCCCC2)cc1)C(=O)O. The van der Waals surface area contributed by atoms with Gasteiger partial charge in [-0.3, -0.25) is 4.79 Å². The molecule has 0 spiro atoms. The van der Waals surface area contributed by atoms with Crippen molar-refractivity contribution in [3.8, 4) is 0 Å². The second-order valence-electron chi connectivity index (χ2n) is 6.20. The van der Waals surface area contributed by atoms with E-state index in [-0.39, 0.29) is 11.3 Å². The molecule has 1 aromatic rings. The summed E-state index contributed by atoms with van der Waals surface area (Å²) >= 11 is 1.49. The van der Waals surface area contributed by atoms with Crippen molar-refractivity contribution < 1.29 is 18.3 Å². The zero-order valence-electron chi connectivity index (χ0n) is 13.9. The van der Waals surface area contributed by atoms with Crippen LogP contribution in [0.25, 0.3) is 0 Å². The lowest BCUT2D eigenvalue weighted by molar-refractivity contribution is -0.139. The monoisotopic (exact) mass is 371 g/mol. The molecular formula is C17H25NO4S2. The Bertz CT molecular complexity index is 637. The van der Waals surface area contributed by atoms with Gasteiger partial charge in [0.1, 0.15) is 6.04 Å². The van der Waals surface area contributed by atoms with Crippen LogP contribution >= 0.6 is 11.8 Å². The summed E-state index contributed by atoms with van der Waals surface area (Å²) in [4.78, 5) is 11.4. The van der Waals surface area contributed by atoms with Crippen molar-refractivity contribution in [2.45, 2.75) is 55.4 Å². The molecule has 0 radical (unpaired) electrons. The number of carboxylic acid groups (broad SMARTS) is 1. The molecule has 2 rings (SSSR count). The number of nitrogens with one attached hydrogen (secondary N) is 1. The average molecular weight is 372 g/mol. The maximum absolute atomic E-state index is 12.4. The van der Waals surface area contributed by atoms with E-state index in [1.165, 1.54) is 36.6 Å². The summed E-state index contributed by atoms with van der Waals surface area (Å²) in [7, 11) is -3.82. The van der Waals surface area contributed by atoms with Crippen molar-refractivity contribution >= 4 is 27.8 Å². The number of benzene rings is 1. The molecule has 2 N–H and O–H groups in total. The molecule has 0 bridgehead atoms. The van der Waals surface area contributed by atoms with Crippen LogP contribution in [0.4, 0.5) is 0 Å². The molecule has 0 heterocycles. The molecular weight excluding hydrogens is 346 g/mol. The number of hydrogen-bond acceptors (Lipinski definition) is 4. The summed E-state index contributed by atoms with van der Waals surface area (Å²) in [6.07, 6.45) is 8.15. The molecule has 0 unspecified atom stereocenters. The fraction of sp³-hybridized carbons (Fsp3) is 0.588. The molecule has 1 atom stereocenters. The number of thioether (sulfide) groups is 1. The Balaban J connectivity index is 2.09. The Morgan fingerprint density at radius 2 is 1.88 bits per heavy atom. The Morgan fingerprint density at radius 3 is 2.42 bits per heavy atom. The fourth-order valence-corrected chi connectivity index (χ4v) is 4.77. The minimum absolute atomic E-state index is 0.123. The third-order valence-corrected chi connectivity index (χ3v) is 6.60. The van der Waals surface area contributed by atoms with Crippen LogP contribution in [0.15, 0.2) is 29.2 Å². The van der Waals surface area contributed by atoms with Gasteiger partial charge in [0.15, 0.2) is 0 Å². The van der Waals surface area contributed by atoms with Gasteiger partial charge in [-0.2, -0.15) is 16.5 Å². The van der Waals surface area contributed by atoms with E-state index in [0.29, 0.717) is 11.7 Å². The molecule has 5 nitrogen and oxygen atoms in total. The van der Waals surface area contributed by atoms with E-state index in [4.69, 9.17) is 0 Å². The number of aliphatic carboxylic acids is 1. The molecule has 0 saturated heterocycles. The van der Waals surface area contributed by atoms with Crippen molar-refractivity contribution in [3.05, 3.63) is 29.8 Å². The highest BCUT2D eigenvalue weighted by atomic mass is 32.2. The van der Waals surface area contributed by atoms with E-state index in [1.807, 2.05) is 18.4 Å². The second-order valence-corrected chi connectivity index (χ2v) is 8.90. The zero-order chi connectivity index (χ0) is 17.6. The van der Waals surface area contributed by atoms with Gasteiger partial charge in [-0.25, -0.2) is 8.42 Å². The van der Waals surface area contributed by atoms with E-state index >= 15 is 0 Å². The molecule has 1 saturated carbocycles. The van der Waals surface area contributed by atoms with E-state index in [9.17, 15) is 18.3 Å². The van der Waals surface area contributed by atoms with Crippen LogP contribution in [0.3, 0.4) is 0 Å². The minimum atomic E-state index is -3.82. The molecule has 1 aromatic carbocycles. The van der Waals surface area contributed by atoms with Gasteiger partial charge < -0.3 is 5.11 Å². The highest BCUT2D eigenvalue weighted by molar-refractivity contribution is 7.98. The lowest BCUT2D eigenvalue weighted by Crippen LogP contribution is -2.41. The number of sulfonamides is 1. The third kappa shape index (κ3) is 5.22. The van der Waals surface area contributed by atoms with Gasteiger partial charge >= 0.3 is 5.97 Å². The molecule has 0 amide bonds. The number of carboxylic acids is 1. The largest absolute Gasteiger partial charge is 0.480 e. The average Bonchev–Trinajstić information content (AvgIpc) is 2.59. The van der Waals surface area contributed by atoms with Crippen LogP contribution in [0, 0.1) is 0 Å². The summed E-state index contributed by atoms with van der Waals surface area (Å²) < 4.78 is 27.1. The summed E-state index contributed by atoms with van der Waals surface area (Å²) in [6, 6.07) is 5.80. The van der Waals surface area contributed by atoms with Crippen LogP contribution < -0.4 is 4.72 Å². The molecule has 24 heavy (non-hydrogen) atoms. The van der Waals surface area contributed by atoms with Gasteiger partial charge in [-0.1, -0.05) is 31.4 Å². The van der Waals surface area contributed by atoms with Crippen molar-refractivity contribution in [2.24, 2.45) is 0 Å². The normalized spacial score (nSPS) is 17.5. The maximum Gasteiger partial charge on any atom is 0.321 e. The molecule has 1 fully saturated rings. The van der Waals surface area contributed by atoms with E-state index in [2.05, 4.69) is 4.72 Å². The van der Waals surface area contributed by atoms with Gasteiger partial charge in [0.25, 0.3) is 0 Å². The third-order valence-electron chi connectivity index (χ3n) is 4.47. The standard InChI is InChI=1S/C17H25NO4S2/c1-23-12-11-16(17(19)20)18-24(21,22)15-9-7-14(8-10-15)13-5-3-2-4-6-13/h7-10,13,16,18H,2-6,11-12H2,1H3,(H,19,20)/t16-/m0/s1. The maximum atomic E-state index is 12.4. The summed E-state index contributed by atoms with van der Waals surface area (Å²) in [5, 5.41) is 9.19. The fourth-order valence-electron chi connectivity index (χ4n) is 3.08. The second kappa shape index (κ2) is 8.87. The first-order valence-electron chi connectivity index (χ1n) is 8.28. The van der Waals surface area contributed by atoms with Crippen molar-refractivity contribution in [1.29, 1.82) is 0 Å². The first-order valence-corrected chi connectivity index (χ1v) is 11.2. The summed E-state index contributed by atoms with van der Waals surface area (Å²) in [5.74, 6) is -0.0524. The molecule has 0 aromatic heterocycles. The Morgan fingerprint density at radius 1 is 1.25 bits per heavy atom. The van der Waals surface area contributed by atoms with E-state index < -0.39 is 22.0 Å². The molecule has 1 aliphatic carbocycles. The van der Waals surface area contributed by atoms with Gasteiger partial charge in [-0.05, 0) is 54.9 Å². The van der Waals surface area contributed by atoms with E-state index in [0.717, 1.165) is 12.8 Å². The van der Waals surface area contributed by atoms with Crippen LogP contribution in [0.5, 0.6) is 0 Å². The Kier molecular flexibility index (Phi) is 7.13. The zero-order valence-corrected chi connectivity index (χ0v) is 15.5. The van der Waals surface area contributed by atoms with Gasteiger partial charge in [-0.15, -0.1) is 0 Å². The molecule has 7 heteroatoms. The topological polar surface area (TPSA) is 83.5 Å². The number of carbonyl (C=O) groups is 1. The molecule has 134 valence electrons. The van der Waals surface area contributed by atoms with Crippen molar-refractivity contribution in [1.82, 2.24) is 4.72 Å². The lowest BCUT2D eigenvalue weighted by atomic mass is 9.84. The highest BCUT2D eigenvalue weighted by Gasteiger charge is 2.25. The molecule has 0 aliphatic heterocycles. The van der Waals surface area contributed by atoms with Crippen LogP contribution in [0.1, 0.15) is 50.0 Å². The van der Waals surface area contributed by atoms with E-state index in [1.54, 1.807) is 12.1 Å². The highest BCUT2D eigenvalue weighted by Crippen LogP contribution is 2.32. The Labute approximate surface area is 148 Å². The predicted octanol–water partition coefficient (Wildman–Crippen LogP) is 3.22. The first-order chi connectivity index (χ1) is 11.4. The quantitative estimate of drug-likeness (QED) is 0.733. The Hall–Kier alpha value is -1.05. The number of rotatable bonds is 8. The first kappa shape index (κ1) is 19.3. The van der Waals surface area contributed by atoms with Crippen molar-refractivity contribution in [3.63, 3.8) is 0 Å². The van der Waals surface area contributed by atoms with Gasteiger partial charge in [0.05, 0.1) is 4.90 Å². The minimum Gasteiger partial charge on any atom is -0.480 e.